The lowest BCUT2D eigenvalue weighted by molar-refractivity contribution is 0.0924. The van der Waals surface area contributed by atoms with Gasteiger partial charge in [-0.25, -0.2) is 14.4 Å². The molecule has 148 valence electrons. The van der Waals surface area contributed by atoms with Crippen LogP contribution in [-0.2, 0) is 19.3 Å². The van der Waals surface area contributed by atoms with E-state index in [0.717, 1.165) is 42.6 Å². The average Bonchev–Trinajstić information content (AvgIpc) is 3.36. The number of halogens is 1. The Morgan fingerprint density at radius 2 is 2.03 bits per heavy atom. The van der Waals surface area contributed by atoms with E-state index in [4.69, 9.17) is 9.26 Å². The van der Waals surface area contributed by atoms with Crippen LogP contribution in [0.1, 0.15) is 40.2 Å². The first-order valence-electron chi connectivity index (χ1n) is 9.71. The summed E-state index contributed by atoms with van der Waals surface area (Å²) in [4.78, 5) is 21.0. The third kappa shape index (κ3) is 3.35. The molecule has 1 N–H and O–H groups in total. The second-order valence-electron chi connectivity index (χ2n) is 7.31. The first-order chi connectivity index (χ1) is 14.2. The molecule has 1 amide bonds. The summed E-state index contributed by atoms with van der Waals surface area (Å²) in [6.07, 6.45) is 7.12. The van der Waals surface area contributed by atoms with Crippen molar-refractivity contribution in [1.29, 1.82) is 0 Å². The van der Waals surface area contributed by atoms with Gasteiger partial charge in [0.2, 0.25) is 0 Å². The molecule has 1 aliphatic carbocycles. The highest BCUT2D eigenvalue weighted by Gasteiger charge is 2.29. The lowest BCUT2D eigenvalue weighted by atomic mass is 9.96. The van der Waals surface area contributed by atoms with E-state index in [1.165, 1.54) is 12.1 Å². The predicted octanol–water partition coefficient (Wildman–Crippen LogP) is 2.88. The Balaban J connectivity index is 1.30. The normalized spacial score (nSPS) is 17.3. The number of aromatic nitrogens is 3. The van der Waals surface area contributed by atoms with Crippen LogP contribution in [0, 0.1) is 5.82 Å². The number of amides is 1. The molecule has 1 aromatic carbocycles. The molecule has 0 saturated carbocycles. The number of nitrogens with one attached hydrogen (secondary N) is 1. The van der Waals surface area contributed by atoms with Crippen LogP contribution in [-0.4, -0.2) is 33.7 Å². The van der Waals surface area contributed by atoms with Crippen LogP contribution >= 0.6 is 0 Å². The molecule has 0 bridgehead atoms. The summed E-state index contributed by atoms with van der Waals surface area (Å²) in [5, 5.41) is 6.83. The Morgan fingerprint density at radius 1 is 1.21 bits per heavy atom. The highest BCUT2D eigenvalue weighted by molar-refractivity contribution is 5.93. The predicted molar refractivity (Wildman–Crippen MR) is 101 cm³/mol. The quantitative estimate of drug-likeness (QED) is 0.732. The molecule has 0 radical (unpaired) electrons. The Labute approximate surface area is 166 Å². The molecule has 0 saturated heterocycles. The van der Waals surface area contributed by atoms with Gasteiger partial charge in [0.1, 0.15) is 23.4 Å². The second-order valence-corrected chi connectivity index (χ2v) is 7.31. The van der Waals surface area contributed by atoms with E-state index in [1.807, 2.05) is 0 Å². The number of benzene rings is 1. The Kier molecular flexibility index (Phi) is 4.46. The number of rotatable bonds is 4. The molecule has 7 nitrogen and oxygen atoms in total. The summed E-state index contributed by atoms with van der Waals surface area (Å²) in [6.45, 7) is 0.284. The van der Waals surface area contributed by atoms with Crippen molar-refractivity contribution in [2.24, 2.45) is 0 Å². The van der Waals surface area contributed by atoms with Gasteiger partial charge in [0.25, 0.3) is 5.91 Å². The zero-order valence-electron chi connectivity index (χ0n) is 15.7. The topological polar surface area (TPSA) is 90.1 Å². The number of aryl methyl sites for hydroxylation is 1. The largest absolute Gasteiger partial charge is 0.487 e. The molecule has 29 heavy (non-hydrogen) atoms. The Morgan fingerprint density at radius 3 is 2.90 bits per heavy atom. The van der Waals surface area contributed by atoms with Crippen molar-refractivity contribution in [3.8, 4) is 17.1 Å². The minimum Gasteiger partial charge on any atom is -0.487 e. The van der Waals surface area contributed by atoms with Crippen molar-refractivity contribution in [3.05, 3.63) is 59.0 Å². The minimum atomic E-state index is -0.367. The SMILES string of the molecule is O=C(NCC1Cc2cc(F)cc(-c3ncccn3)c2O1)c1noc2c1CCCC2. The van der Waals surface area contributed by atoms with Crippen molar-refractivity contribution in [3.63, 3.8) is 0 Å². The van der Waals surface area contributed by atoms with Crippen LogP contribution in [0.15, 0.2) is 35.1 Å². The lowest BCUT2D eigenvalue weighted by Gasteiger charge is -2.13. The third-order valence-corrected chi connectivity index (χ3v) is 5.32. The summed E-state index contributed by atoms with van der Waals surface area (Å²) < 4.78 is 25.4. The molecule has 5 rings (SSSR count). The first kappa shape index (κ1) is 17.8. The molecule has 1 unspecified atom stereocenters. The van der Waals surface area contributed by atoms with Crippen LogP contribution in [0.25, 0.3) is 11.4 Å². The van der Waals surface area contributed by atoms with Crippen LogP contribution in [0.4, 0.5) is 4.39 Å². The van der Waals surface area contributed by atoms with Crippen LogP contribution in [0.3, 0.4) is 0 Å². The van der Waals surface area contributed by atoms with E-state index in [2.05, 4.69) is 20.4 Å². The van der Waals surface area contributed by atoms with Gasteiger partial charge in [-0.2, -0.15) is 0 Å². The number of hydrogen-bond acceptors (Lipinski definition) is 6. The van der Waals surface area contributed by atoms with Gasteiger partial charge in [0.05, 0.1) is 12.1 Å². The molecule has 8 heteroatoms. The van der Waals surface area contributed by atoms with Crippen molar-refractivity contribution in [2.75, 3.05) is 6.54 Å². The number of fused-ring (bicyclic) bond motifs is 2. The van der Waals surface area contributed by atoms with Gasteiger partial charge in [-0.1, -0.05) is 5.16 Å². The summed E-state index contributed by atoms with van der Waals surface area (Å²) >= 11 is 0. The van der Waals surface area contributed by atoms with Crippen LogP contribution in [0.2, 0.25) is 0 Å². The van der Waals surface area contributed by atoms with E-state index < -0.39 is 0 Å². The fourth-order valence-corrected chi connectivity index (χ4v) is 3.97. The molecule has 3 heterocycles. The highest BCUT2D eigenvalue weighted by Crippen LogP contribution is 2.38. The minimum absolute atomic E-state index is 0.269. The number of hydrogen-bond donors (Lipinski definition) is 1. The maximum atomic E-state index is 14.1. The average molecular weight is 394 g/mol. The Bertz CT molecular complexity index is 1070. The van der Waals surface area contributed by atoms with Gasteiger partial charge in [0, 0.05) is 36.4 Å². The first-order valence-corrected chi connectivity index (χ1v) is 9.71. The fraction of sp³-hybridized carbons (Fsp3) is 0.333. The molecule has 2 aromatic heterocycles. The second kappa shape index (κ2) is 7.27. The van der Waals surface area contributed by atoms with Gasteiger partial charge in [-0.05, 0) is 37.5 Å². The molecule has 1 atom stereocenters. The molecule has 0 spiro atoms. The maximum Gasteiger partial charge on any atom is 0.273 e. The van der Waals surface area contributed by atoms with Crippen molar-refractivity contribution in [1.82, 2.24) is 20.4 Å². The third-order valence-electron chi connectivity index (χ3n) is 5.32. The smallest absolute Gasteiger partial charge is 0.273 e. The number of carbonyl (C=O) groups is 1. The highest BCUT2D eigenvalue weighted by atomic mass is 19.1. The Hall–Kier alpha value is -3.29. The van der Waals surface area contributed by atoms with Crippen molar-refractivity contribution in [2.45, 2.75) is 38.2 Å². The summed E-state index contributed by atoms with van der Waals surface area (Å²) in [5.74, 6) is 1.15. The number of nitrogens with zero attached hydrogens (tertiary/aromatic N) is 3. The number of ether oxygens (including phenoxy) is 1. The summed E-state index contributed by atoms with van der Waals surface area (Å²) in [7, 11) is 0. The molecule has 1 aliphatic heterocycles. The van der Waals surface area contributed by atoms with E-state index in [-0.39, 0.29) is 24.4 Å². The van der Waals surface area contributed by atoms with Crippen molar-refractivity contribution >= 4 is 5.91 Å². The van der Waals surface area contributed by atoms with Gasteiger partial charge in [-0.3, -0.25) is 4.79 Å². The van der Waals surface area contributed by atoms with Gasteiger partial charge in [-0.15, -0.1) is 0 Å². The maximum absolute atomic E-state index is 14.1. The zero-order chi connectivity index (χ0) is 19.8. The van der Waals surface area contributed by atoms with E-state index >= 15 is 0 Å². The molecule has 3 aromatic rings. The standard InChI is InChI=1S/C21H19FN4O3/c22-13-8-12-9-14(28-19(12)16(10-13)20-23-6-3-7-24-20)11-25-21(27)18-15-4-1-2-5-17(15)29-26-18/h3,6-8,10,14H,1-2,4-5,9,11H2,(H,25,27). The summed E-state index contributed by atoms with van der Waals surface area (Å²) in [5.41, 5.74) is 2.53. The number of carbonyl (C=O) groups excluding carboxylic acids is 1. The molecule has 2 aliphatic rings. The van der Waals surface area contributed by atoms with Gasteiger partial charge >= 0.3 is 0 Å². The van der Waals surface area contributed by atoms with Crippen LogP contribution in [0.5, 0.6) is 5.75 Å². The zero-order valence-corrected chi connectivity index (χ0v) is 15.7. The van der Waals surface area contributed by atoms with Crippen LogP contribution < -0.4 is 10.1 Å². The van der Waals surface area contributed by atoms with Gasteiger partial charge < -0.3 is 14.6 Å². The van der Waals surface area contributed by atoms with E-state index in [0.29, 0.717) is 29.3 Å². The monoisotopic (exact) mass is 394 g/mol. The molecular weight excluding hydrogens is 375 g/mol. The fourth-order valence-electron chi connectivity index (χ4n) is 3.97. The van der Waals surface area contributed by atoms with Crippen molar-refractivity contribution < 1.29 is 18.4 Å². The lowest BCUT2D eigenvalue weighted by Crippen LogP contribution is -2.35. The molecular formula is C21H19FN4O3. The molecule has 0 fully saturated rings. The van der Waals surface area contributed by atoms with E-state index in [9.17, 15) is 9.18 Å². The van der Waals surface area contributed by atoms with E-state index in [1.54, 1.807) is 18.5 Å². The van der Waals surface area contributed by atoms with Gasteiger partial charge in [0.15, 0.2) is 11.5 Å². The summed E-state index contributed by atoms with van der Waals surface area (Å²) in [6, 6.07) is 4.53.